The lowest BCUT2D eigenvalue weighted by Crippen LogP contribution is -2.41. The number of amides is 2. The zero-order valence-electron chi connectivity index (χ0n) is 18.2. The summed E-state index contributed by atoms with van der Waals surface area (Å²) in [7, 11) is 3.33. The fourth-order valence-corrected chi connectivity index (χ4v) is 3.32. The van der Waals surface area contributed by atoms with E-state index in [1.165, 1.54) is 0 Å². The molecule has 0 saturated carbocycles. The van der Waals surface area contributed by atoms with Crippen LogP contribution in [0.5, 0.6) is 17.2 Å². The van der Waals surface area contributed by atoms with Crippen molar-refractivity contribution in [1.82, 2.24) is 9.80 Å². The van der Waals surface area contributed by atoms with Gasteiger partial charge in [0.15, 0.2) is 11.5 Å². The Hall–Kier alpha value is -3.26. The zero-order valence-corrected chi connectivity index (χ0v) is 18.2. The minimum atomic E-state index is -0.196. The first kappa shape index (κ1) is 22.4. The SMILES string of the molecule is CCN(Cc1ccc2c(c1)OCCO2)C(=O)CN(C)CC(=O)Nc1cccc(OC)c1. The highest BCUT2D eigenvalue weighted by molar-refractivity contribution is 5.92. The Balaban J connectivity index is 1.51. The average molecular weight is 428 g/mol. The molecular weight excluding hydrogens is 398 g/mol. The topological polar surface area (TPSA) is 80.3 Å². The molecule has 2 amide bonds. The molecule has 3 rings (SSSR count). The molecule has 2 aromatic rings. The Labute approximate surface area is 182 Å². The molecule has 0 atom stereocenters. The summed E-state index contributed by atoms with van der Waals surface area (Å²) in [5.41, 5.74) is 1.62. The third-order valence-corrected chi connectivity index (χ3v) is 4.89. The number of carbonyl (C=O) groups is 2. The van der Waals surface area contributed by atoms with Gasteiger partial charge in [-0.15, -0.1) is 0 Å². The molecule has 0 saturated heterocycles. The van der Waals surface area contributed by atoms with Crippen LogP contribution in [-0.4, -0.2) is 68.6 Å². The van der Waals surface area contributed by atoms with Crippen LogP contribution in [0.25, 0.3) is 0 Å². The van der Waals surface area contributed by atoms with Crippen LogP contribution < -0.4 is 19.5 Å². The molecule has 1 heterocycles. The number of hydrogen-bond donors (Lipinski definition) is 1. The number of rotatable bonds is 9. The van der Waals surface area contributed by atoms with Gasteiger partial charge in [-0.25, -0.2) is 0 Å². The second kappa shape index (κ2) is 10.7. The summed E-state index contributed by atoms with van der Waals surface area (Å²) in [4.78, 5) is 28.6. The summed E-state index contributed by atoms with van der Waals surface area (Å²) in [5.74, 6) is 1.86. The Kier molecular flexibility index (Phi) is 7.72. The van der Waals surface area contributed by atoms with Crippen LogP contribution in [0.3, 0.4) is 0 Å². The van der Waals surface area contributed by atoms with Crippen molar-refractivity contribution < 1.29 is 23.8 Å². The van der Waals surface area contributed by atoms with Crippen molar-refractivity contribution in [2.45, 2.75) is 13.5 Å². The predicted octanol–water partition coefficient (Wildman–Crippen LogP) is 2.39. The maximum atomic E-state index is 12.8. The lowest BCUT2D eigenvalue weighted by atomic mass is 10.1. The molecule has 0 unspecified atom stereocenters. The summed E-state index contributed by atoms with van der Waals surface area (Å²) >= 11 is 0. The van der Waals surface area contributed by atoms with Gasteiger partial charge < -0.3 is 24.4 Å². The second-order valence-corrected chi connectivity index (χ2v) is 7.34. The fourth-order valence-electron chi connectivity index (χ4n) is 3.32. The number of methoxy groups -OCH3 is 1. The van der Waals surface area contributed by atoms with E-state index in [-0.39, 0.29) is 24.9 Å². The molecule has 0 aliphatic carbocycles. The first-order valence-corrected chi connectivity index (χ1v) is 10.3. The largest absolute Gasteiger partial charge is 0.497 e. The van der Waals surface area contributed by atoms with Crippen molar-refractivity contribution in [2.24, 2.45) is 0 Å². The molecule has 2 aromatic carbocycles. The molecule has 0 aromatic heterocycles. The van der Waals surface area contributed by atoms with Gasteiger partial charge in [0.2, 0.25) is 11.8 Å². The maximum absolute atomic E-state index is 12.8. The summed E-state index contributed by atoms with van der Waals surface area (Å²) in [6, 6.07) is 12.9. The Bertz CT molecular complexity index is 918. The molecule has 8 nitrogen and oxygen atoms in total. The van der Waals surface area contributed by atoms with Gasteiger partial charge in [0.1, 0.15) is 19.0 Å². The standard InChI is InChI=1S/C23H29N3O5/c1-4-26(14-17-8-9-20-21(12-17)31-11-10-30-20)23(28)16-25(2)15-22(27)24-18-6-5-7-19(13-18)29-3/h5-9,12-13H,4,10-11,14-16H2,1-3H3,(H,24,27). The molecule has 0 fully saturated rings. The fraction of sp³-hybridized carbons (Fsp3) is 0.391. The van der Waals surface area contributed by atoms with E-state index in [2.05, 4.69) is 5.32 Å². The van der Waals surface area contributed by atoms with Gasteiger partial charge in [-0.2, -0.15) is 0 Å². The first-order chi connectivity index (χ1) is 15.0. The van der Waals surface area contributed by atoms with Crippen molar-refractivity contribution in [3.63, 3.8) is 0 Å². The molecule has 0 bridgehead atoms. The van der Waals surface area contributed by atoms with Gasteiger partial charge in [0, 0.05) is 24.8 Å². The molecule has 8 heteroatoms. The molecule has 31 heavy (non-hydrogen) atoms. The van der Waals surface area contributed by atoms with E-state index >= 15 is 0 Å². The van der Waals surface area contributed by atoms with Crippen molar-refractivity contribution in [2.75, 3.05) is 52.3 Å². The second-order valence-electron chi connectivity index (χ2n) is 7.34. The average Bonchev–Trinajstić information content (AvgIpc) is 2.77. The van der Waals surface area contributed by atoms with Crippen molar-refractivity contribution in [3.05, 3.63) is 48.0 Å². The number of nitrogens with zero attached hydrogens (tertiary/aromatic N) is 2. The van der Waals surface area contributed by atoms with Crippen molar-refractivity contribution in [1.29, 1.82) is 0 Å². The predicted molar refractivity (Wildman–Crippen MR) is 118 cm³/mol. The third kappa shape index (κ3) is 6.36. The lowest BCUT2D eigenvalue weighted by molar-refractivity contribution is -0.132. The van der Waals surface area contributed by atoms with Gasteiger partial charge in [-0.3, -0.25) is 14.5 Å². The Morgan fingerprint density at radius 1 is 1.06 bits per heavy atom. The minimum Gasteiger partial charge on any atom is -0.497 e. The van der Waals surface area contributed by atoms with Gasteiger partial charge in [0.05, 0.1) is 20.2 Å². The van der Waals surface area contributed by atoms with Crippen LogP contribution in [0.2, 0.25) is 0 Å². The monoisotopic (exact) mass is 427 g/mol. The highest BCUT2D eigenvalue weighted by atomic mass is 16.6. The number of ether oxygens (including phenoxy) is 3. The highest BCUT2D eigenvalue weighted by Crippen LogP contribution is 2.31. The van der Waals surface area contributed by atoms with Crippen LogP contribution in [0.15, 0.2) is 42.5 Å². The number of likely N-dealkylation sites (N-methyl/N-ethyl adjacent to an activating group) is 2. The van der Waals surface area contributed by atoms with E-state index in [0.717, 1.165) is 11.3 Å². The minimum absolute atomic E-state index is 0.0472. The number of fused-ring (bicyclic) bond motifs is 1. The summed E-state index contributed by atoms with van der Waals surface area (Å²) in [6.07, 6.45) is 0. The molecule has 1 aliphatic rings. The van der Waals surface area contributed by atoms with E-state index in [0.29, 0.717) is 43.5 Å². The number of carbonyl (C=O) groups excluding carboxylic acids is 2. The van der Waals surface area contributed by atoms with Crippen LogP contribution in [0.4, 0.5) is 5.69 Å². The van der Waals surface area contributed by atoms with Crippen LogP contribution >= 0.6 is 0 Å². The lowest BCUT2D eigenvalue weighted by Gasteiger charge is -2.25. The molecule has 1 N–H and O–H groups in total. The van der Waals surface area contributed by atoms with Crippen LogP contribution in [0, 0.1) is 0 Å². The zero-order chi connectivity index (χ0) is 22.2. The van der Waals surface area contributed by atoms with Crippen molar-refractivity contribution in [3.8, 4) is 17.2 Å². The quantitative estimate of drug-likeness (QED) is 0.662. The number of anilines is 1. The van der Waals surface area contributed by atoms with E-state index in [9.17, 15) is 9.59 Å². The molecule has 1 aliphatic heterocycles. The first-order valence-electron chi connectivity index (χ1n) is 10.3. The summed E-state index contributed by atoms with van der Waals surface area (Å²) in [5, 5.41) is 2.82. The Morgan fingerprint density at radius 2 is 1.84 bits per heavy atom. The maximum Gasteiger partial charge on any atom is 0.238 e. The van der Waals surface area contributed by atoms with Gasteiger partial charge in [-0.1, -0.05) is 12.1 Å². The smallest absolute Gasteiger partial charge is 0.238 e. The third-order valence-electron chi connectivity index (χ3n) is 4.89. The van der Waals surface area contributed by atoms with E-state index in [4.69, 9.17) is 14.2 Å². The number of benzene rings is 2. The van der Waals surface area contributed by atoms with Gasteiger partial charge in [0.25, 0.3) is 0 Å². The van der Waals surface area contributed by atoms with Crippen LogP contribution in [0.1, 0.15) is 12.5 Å². The number of nitrogens with one attached hydrogen (secondary N) is 1. The van der Waals surface area contributed by atoms with E-state index in [1.54, 1.807) is 42.2 Å². The Morgan fingerprint density at radius 3 is 2.58 bits per heavy atom. The summed E-state index contributed by atoms with van der Waals surface area (Å²) < 4.78 is 16.3. The summed E-state index contributed by atoms with van der Waals surface area (Å²) in [6.45, 7) is 4.28. The molecular formula is C23H29N3O5. The van der Waals surface area contributed by atoms with E-state index in [1.807, 2.05) is 31.2 Å². The molecule has 166 valence electrons. The van der Waals surface area contributed by atoms with E-state index < -0.39 is 0 Å². The highest BCUT2D eigenvalue weighted by Gasteiger charge is 2.18. The van der Waals surface area contributed by atoms with Crippen molar-refractivity contribution >= 4 is 17.5 Å². The van der Waals surface area contributed by atoms with Gasteiger partial charge >= 0.3 is 0 Å². The normalized spacial score (nSPS) is 12.4. The van der Waals surface area contributed by atoms with Crippen LogP contribution in [-0.2, 0) is 16.1 Å². The number of hydrogen-bond acceptors (Lipinski definition) is 6. The molecule has 0 spiro atoms. The van der Waals surface area contributed by atoms with Gasteiger partial charge in [-0.05, 0) is 43.8 Å². The molecule has 0 radical (unpaired) electrons.